The number of aryl methyl sites for hydroxylation is 3. The maximum absolute atomic E-state index is 5.38. The Kier molecular flexibility index (Phi) is 2.87. The molecule has 0 bridgehead atoms. The number of imidazole rings is 1. The molecule has 102 valence electrons. The Morgan fingerprint density at radius 2 is 1.80 bits per heavy atom. The zero-order valence-corrected chi connectivity index (χ0v) is 11.7. The Bertz CT molecular complexity index is 790. The summed E-state index contributed by atoms with van der Waals surface area (Å²) in [6.45, 7) is 6.13. The Morgan fingerprint density at radius 3 is 2.55 bits per heavy atom. The zero-order valence-electron chi connectivity index (χ0n) is 11.7. The van der Waals surface area contributed by atoms with E-state index in [1.807, 2.05) is 11.5 Å². The highest BCUT2D eigenvalue weighted by molar-refractivity contribution is 5.79. The van der Waals surface area contributed by atoms with Crippen molar-refractivity contribution in [3.05, 3.63) is 41.3 Å². The van der Waals surface area contributed by atoms with Gasteiger partial charge in [0.05, 0.1) is 11.0 Å². The second-order valence-electron chi connectivity index (χ2n) is 4.88. The molecule has 2 aromatic heterocycles. The molecule has 0 atom stereocenters. The van der Waals surface area contributed by atoms with E-state index in [1.54, 1.807) is 12.5 Å². The van der Waals surface area contributed by atoms with Gasteiger partial charge in [-0.1, -0.05) is 0 Å². The number of hydrogen-bond acceptors (Lipinski definition) is 5. The van der Waals surface area contributed by atoms with E-state index in [-0.39, 0.29) is 0 Å². The molecule has 3 rings (SSSR count). The largest absolute Gasteiger partial charge is 0.292 e. The number of anilines is 1. The van der Waals surface area contributed by atoms with Crippen LogP contribution >= 0.6 is 0 Å². The molecule has 6 nitrogen and oxygen atoms in total. The van der Waals surface area contributed by atoms with Crippen molar-refractivity contribution in [2.24, 2.45) is 5.84 Å². The van der Waals surface area contributed by atoms with E-state index < -0.39 is 0 Å². The summed E-state index contributed by atoms with van der Waals surface area (Å²) in [5.41, 5.74) is 7.86. The van der Waals surface area contributed by atoms with Crippen LogP contribution < -0.4 is 11.3 Å². The fourth-order valence-corrected chi connectivity index (χ4v) is 2.18. The van der Waals surface area contributed by atoms with Crippen LogP contribution in [0.5, 0.6) is 0 Å². The summed E-state index contributed by atoms with van der Waals surface area (Å²) in [4.78, 5) is 13.0. The summed E-state index contributed by atoms with van der Waals surface area (Å²) in [6.07, 6.45) is 3.52. The van der Waals surface area contributed by atoms with E-state index in [0.29, 0.717) is 5.95 Å². The normalized spacial score (nSPS) is 11.0. The summed E-state index contributed by atoms with van der Waals surface area (Å²) in [5, 5.41) is 0. The predicted molar refractivity (Wildman–Crippen MR) is 78.7 cm³/mol. The third kappa shape index (κ3) is 1.90. The van der Waals surface area contributed by atoms with Crippen LogP contribution in [0.15, 0.2) is 24.7 Å². The standard InChI is InChI=1S/C14H16N6/c1-8-4-11-12(5-9(8)2)20(7-17-11)13-10(3)6-16-14(18-13)19-15/h4-7H,15H2,1-3H3,(H,16,18,19). The van der Waals surface area contributed by atoms with Crippen LogP contribution in [0.25, 0.3) is 16.9 Å². The van der Waals surface area contributed by atoms with Gasteiger partial charge < -0.3 is 0 Å². The van der Waals surface area contributed by atoms with E-state index in [4.69, 9.17) is 5.84 Å². The Labute approximate surface area is 116 Å². The fraction of sp³-hybridized carbons (Fsp3) is 0.214. The van der Waals surface area contributed by atoms with Crippen molar-refractivity contribution in [3.8, 4) is 5.82 Å². The maximum atomic E-state index is 5.38. The summed E-state index contributed by atoms with van der Waals surface area (Å²) in [5.74, 6) is 6.54. The van der Waals surface area contributed by atoms with Crippen LogP contribution in [0.3, 0.4) is 0 Å². The van der Waals surface area contributed by atoms with Crippen molar-refractivity contribution in [2.45, 2.75) is 20.8 Å². The summed E-state index contributed by atoms with van der Waals surface area (Å²) < 4.78 is 1.96. The van der Waals surface area contributed by atoms with E-state index in [1.165, 1.54) is 11.1 Å². The van der Waals surface area contributed by atoms with Crippen molar-refractivity contribution < 1.29 is 0 Å². The molecule has 0 radical (unpaired) electrons. The lowest BCUT2D eigenvalue weighted by molar-refractivity contribution is 0.967. The van der Waals surface area contributed by atoms with Gasteiger partial charge in [0, 0.05) is 11.8 Å². The van der Waals surface area contributed by atoms with E-state index in [2.05, 4.69) is 46.4 Å². The Morgan fingerprint density at radius 1 is 1.05 bits per heavy atom. The molecule has 0 aliphatic carbocycles. The van der Waals surface area contributed by atoms with Gasteiger partial charge in [-0.2, -0.15) is 4.98 Å². The minimum Gasteiger partial charge on any atom is -0.292 e. The second kappa shape index (κ2) is 4.57. The van der Waals surface area contributed by atoms with Crippen LogP contribution in [0.2, 0.25) is 0 Å². The molecular weight excluding hydrogens is 252 g/mol. The molecule has 0 unspecified atom stereocenters. The molecule has 2 heterocycles. The molecule has 0 saturated carbocycles. The molecule has 0 aliphatic rings. The van der Waals surface area contributed by atoms with Crippen LogP contribution in [0.1, 0.15) is 16.7 Å². The quantitative estimate of drug-likeness (QED) is 0.549. The molecule has 6 heteroatoms. The number of fused-ring (bicyclic) bond motifs is 1. The van der Waals surface area contributed by atoms with Gasteiger partial charge in [-0.15, -0.1) is 0 Å². The molecule has 20 heavy (non-hydrogen) atoms. The van der Waals surface area contributed by atoms with Crippen molar-refractivity contribution in [1.29, 1.82) is 0 Å². The summed E-state index contributed by atoms with van der Waals surface area (Å²) >= 11 is 0. The number of nitrogens with one attached hydrogen (secondary N) is 1. The minimum atomic E-state index is 0.385. The van der Waals surface area contributed by atoms with Gasteiger partial charge in [0.15, 0.2) is 0 Å². The molecule has 0 spiro atoms. The van der Waals surface area contributed by atoms with E-state index >= 15 is 0 Å². The first-order valence-corrected chi connectivity index (χ1v) is 6.35. The van der Waals surface area contributed by atoms with Gasteiger partial charge in [-0.3, -0.25) is 9.99 Å². The monoisotopic (exact) mass is 268 g/mol. The number of nitrogens with two attached hydrogens (primary N) is 1. The number of benzene rings is 1. The first-order chi connectivity index (χ1) is 9.60. The number of rotatable bonds is 2. The van der Waals surface area contributed by atoms with Gasteiger partial charge in [-0.05, 0) is 44.0 Å². The van der Waals surface area contributed by atoms with Crippen molar-refractivity contribution in [1.82, 2.24) is 19.5 Å². The topological polar surface area (TPSA) is 81.7 Å². The number of nitrogens with zero attached hydrogens (tertiary/aromatic N) is 4. The van der Waals surface area contributed by atoms with E-state index in [9.17, 15) is 0 Å². The van der Waals surface area contributed by atoms with Gasteiger partial charge in [-0.25, -0.2) is 15.8 Å². The van der Waals surface area contributed by atoms with Gasteiger partial charge in [0.2, 0.25) is 5.95 Å². The Hall–Kier alpha value is -2.47. The Balaban J connectivity index is 2.27. The molecule has 0 aliphatic heterocycles. The highest BCUT2D eigenvalue weighted by Gasteiger charge is 2.11. The van der Waals surface area contributed by atoms with Crippen molar-refractivity contribution in [2.75, 3.05) is 5.43 Å². The lowest BCUT2D eigenvalue weighted by Gasteiger charge is -2.09. The number of nitrogen functional groups attached to an aromatic ring is 1. The zero-order chi connectivity index (χ0) is 14.3. The fourth-order valence-electron chi connectivity index (χ4n) is 2.18. The van der Waals surface area contributed by atoms with Crippen molar-refractivity contribution in [3.63, 3.8) is 0 Å². The highest BCUT2D eigenvalue weighted by Crippen LogP contribution is 2.22. The SMILES string of the molecule is Cc1cc2ncn(-c3nc(NN)ncc3C)c2cc1C. The number of aromatic nitrogens is 4. The third-order valence-electron chi connectivity index (χ3n) is 3.46. The molecule has 0 amide bonds. The van der Waals surface area contributed by atoms with Crippen LogP contribution in [0.4, 0.5) is 5.95 Å². The first kappa shape index (κ1) is 12.6. The average Bonchev–Trinajstić information content (AvgIpc) is 2.83. The third-order valence-corrected chi connectivity index (χ3v) is 3.46. The lowest BCUT2D eigenvalue weighted by atomic mass is 10.1. The molecule has 0 fully saturated rings. The molecule has 3 aromatic rings. The van der Waals surface area contributed by atoms with Gasteiger partial charge in [0.1, 0.15) is 12.1 Å². The van der Waals surface area contributed by atoms with Crippen LogP contribution in [0, 0.1) is 20.8 Å². The highest BCUT2D eigenvalue weighted by atomic mass is 15.3. The summed E-state index contributed by atoms with van der Waals surface area (Å²) in [7, 11) is 0. The minimum absolute atomic E-state index is 0.385. The lowest BCUT2D eigenvalue weighted by Crippen LogP contribution is -2.12. The molecular formula is C14H16N6. The van der Waals surface area contributed by atoms with Crippen molar-refractivity contribution >= 4 is 17.0 Å². The van der Waals surface area contributed by atoms with Crippen LogP contribution in [-0.4, -0.2) is 19.5 Å². The predicted octanol–water partition coefficient (Wildman–Crippen LogP) is 2.03. The molecule has 0 saturated heterocycles. The maximum Gasteiger partial charge on any atom is 0.239 e. The smallest absolute Gasteiger partial charge is 0.239 e. The first-order valence-electron chi connectivity index (χ1n) is 6.35. The number of hydrazine groups is 1. The second-order valence-corrected chi connectivity index (χ2v) is 4.88. The number of hydrogen-bond donors (Lipinski definition) is 2. The molecule has 1 aromatic carbocycles. The van der Waals surface area contributed by atoms with Gasteiger partial charge >= 0.3 is 0 Å². The average molecular weight is 268 g/mol. The summed E-state index contributed by atoms with van der Waals surface area (Å²) in [6, 6.07) is 4.20. The van der Waals surface area contributed by atoms with E-state index in [0.717, 1.165) is 22.4 Å². The van der Waals surface area contributed by atoms with Gasteiger partial charge in [0.25, 0.3) is 0 Å². The molecule has 3 N–H and O–H groups in total. The van der Waals surface area contributed by atoms with Crippen LogP contribution in [-0.2, 0) is 0 Å².